The van der Waals surface area contributed by atoms with Crippen LogP contribution < -0.4 is 4.74 Å². The molecule has 0 aromatic heterocycles. The molecule has 0 aliphatic heterocycles. The first-order chi connectivity index (χ1) is 26.3. The zero-order valence-corrected chi connectivity index (χ0v) is 35.9. The summed E-state index contributed by atoms with van der Waals surface area (Å²) in [6.45, 7) is 4.61. The number of benzene rings is 2. The van der Waals surface area contributed by atoms with Crippen LogP contribution in [0.2, 0.25) is 0 Å². The van der Waals surface area contributed by atoms with Gasteiger partial charge >= 0.3 is 0 Å². The van der Waals surface area contributed by atoms with Crippen LogP contribution in [0.4, 0.5) is 0 Å². The first-order valence-corrected chi connectivity index (χ1v) is 24.2. The summed E-state index contributed by atoms with van der Waals surface area (Å²) in [5, 5.41) is 0. The molecule has 1 heteroatoms. The summed E-state index contributed by atoms with van der Waals surface area (Å²) in [5.74, 6) is 1.89. The molecule has 2 aromatic carbocycles. The number of hydrogen-bond donors (Lipinski definition) is 0. The third-order valence-corrected chi connectivity index (χ3v) is 11.7. The zero-order valence-electron chi connectivity index (χ0n) is 35.9. The maximum absolute atomic E-state index is 6.17. The second kappa shape index (κ2) is 37.2. The molecule has 0 atom stereocenters. The molecule has 0 bridgehead atoms. The molecule has 2 rings (SSSR count). The van der Waals surface area contributed by atoms with Crippen molar-refractivity contribution in [1.82, 2.24) is 0 Å². The van der Waals surface area contributed by atoms with Crippen molar-refractivity contribution in [2.75, 3.05) is 0 Å². The molecule has 0 radical (unpaired) electrons. The second-order valence-electron chi connectivity index (χ2n) is 16.9. The highest BCUT2D eigenvalue weighted by Gasteiger charge is 2.02. The van der Waals surface area contributed by atoms with E-state index in [2.05, 4.69) is 62.4 Å². The molecule has 0 saturated carbocycles. The lowest BCUT2D eigenvalue weighted by Gasteiger charge is -2.08. The van der Waals surface area contributed by atoms with Crippen molar-refractivity contribution in [2.45, 2.75) is 258 Å². The fourth-order valence-corrected chi connectivity index (χ4v) is 8.05. The molecule has 304 valence electrons. The zero-order chi connectivity index (χ0) is 37.5. The number of aryl methyl sites for hydroxylation is 2. The van der Waals surface area contributed by atoms with Crippen molar-refractivity contribution in [3.8, 4) is 11.5 Å². The third-order valence-electron chi connectivity index (χ3n) is 11.7. The summed E-state index contributed by atoms with van der Waals surface area (Å²) in [5.41, 5.74) is 2.88. The highest BCUT2D eigenvalue weighted by Crippen LogP contribution is 2.24. The standard InChI is InChI=1S/C52H90O/c1-3-5-7-9-11-13-15-17-19-21-23-25-27-29-31-33-35-37-39-49-41-45-51(46-42-49)53-52-47-43-50(44-48-52)40-38-36-34-32-30-28-26-24-22-20-18-16-14-12-10-8-6-4-2/h41-48H,3-40H2,1-2H3. The quantitative estimate of drug-likeness (QED) is 0.0620. The molecule has 0 fully saturated rings. The maximum atomic E-state index is 6.17. The van der Waals surface area contributed by atoms with Crippen LogP contribution in [0.5, 0.6) is 11.5 Å². The lowest BCUT2D eigenvalue weighted by molar-refractivity contribution is 0.482. The van der Waals surface area contributed by atoms with E-state index >= 15 is 0 Å². The topological polar surface area (TPSA) is 9.23 Å². The van der Waals surface area contributed by atoms with E-state index in [4.69, 9.17) is 4.74 Å². The first-order valence-electron chi connectivity index (χ1n) is 24.2. The van der Waals surface area contributed by atoms with Gasteiger partial charge in [0.15, 0.2) is 0 Å². The Labute approximate surface area is 332 Å². The van der Waals surface area contributed by atoms with Gasteiger partial charge in [0, 0.05) is 0 Å². The number of hydrogen-bond acceptors (Lipinski definition) is 1. The van der Waals surface area contributed by atoms with Crippen LogP contribution in [0.1, 0.15) is 256 Å². The fraction of sp³-hybridized carbons (Fsp3) is 0.769. The Morgan fingerprint density at radius 2 is 0.434 bits per heavy atom. The minimum absolute atomic E-state index is 0.947. The highest BCUT2D eigenvalue weighted by atomic mass is 16.5. The normalized spacial score (nSPS) is 11.4. The molecule has 0 amide bonds. The molecular weight excluding hydrogens is 641 g/mol. The van der Waals surface area contributed by atoms with Gasteiger partial charge in [-0.3, -0.25) is 0 Å². The third kappa shape index (κ3) is 30.2. The van der Waals surface area contributed by atoms with Crippen molar-refractivity contribution in [1.29, 1.82) is 0 Å². The smallest absolute Gasteiger partial charge is 0.127 e. The van der Waals surface area contributed by atoms with E-state index in [0.29, 0.717) is 0 Å². The Kier molecular flexibility index (Phi) is 33.2. The van der Waals surface area contributed by atoms with Crippen LogP contribution >= 0.6 is 0 Å². The van der Waals surface area contributed by atoms with E-state index in [-0.39, 0.29) is 0 Å². The van der Waals surface area contributed by atoms with Gasteiger partial charge in [0.1, 0.15) is 11.5 Å². The van der Waals surface area contributed by atoms with Gasteiger partial charge in [-0.2, -0.15) is 0 Å². The SMILES string of the molecule is CCCCCCCCCCCCCCCCCCCCc1ccc(Oc2ccc(CCCCCCCCCCCCCCCCCCCC)cc2)cc1. The largest absolute Gasteiger partial charge is 0.457 e. The van der Waals surface area contributed by atoms with Gasteiger partial charge in [0.25, 0.3) is 0 Å². The van der Waals surface area contributed by atoms with Crippen molar-refractivity contribution < 1.29 is 4.74 Å². The van der Waals surface area contributed by atoms with Gasteiger partial charge in [-0.05, 0) is 61.1 Å². The Balaban J connectivity index is 1.35. The Bertz CT molecular complexity index is 909. The molecule has 0 heterocycles. The van der Waals surface area contributed by atoms with E-state index in [9.17, 15) is 0 Å². The first kappa shape index (κ1) is 47.4. The summed E-state index contributed by atoms with van der Waals surface area (Å²) >= 11 is 0. The fourth-order valence-electron chi connectivity index (χ4n) is 8.05. The Morgan fingerprint density at radius 1 is 0.245 bits per heavy atom. The number of unbranched alkanes of at least 4 members (excludes halogenated alkanes) is 34. The monoisotopic (exact) mass is 731 g/mol. The average Bonchev–Trinajstić information content (AvgIpc) is 3.18. The number of rotatable bonds is 40. The summed E-state index contributed by atoms with van der Waals surface area (Å²) in [4.78, 5) is 0. The Morgan fingerprint density at radius 3 is 0.642 bits per heavy atom. The maximum Gasteiger partial charge on any atom is 0.127 e. The molecule has 0 spiro atoms. The highest BCUT2D eigenvalue weighted by molar-refractivity contribution is 5.34. The van der Waals surface area contributed by atoms with E-state index < -0.39 is 0 Å². The summed E-state index contributed by atoms with van der Waals surface area (Å²) < 4.78 is 6.17. The predicted molar refractivity (Wildman–Crippen MR) is 238 cm³/mol. The summed E-state index contributed by atoms with van der Waals surface area (Å²) in [6, 6.07) is 17.6. The van der Waals surface area contributed by atoms with Crippen LogP contribution in [-0.4, -0.2) is 0 Å². The predicted octanol–water partition coefficient (Wildman–Crippen LogP) is 18.6. The lowest BCUT2D eigenvalue weighted by atomic mass is 10.0. The van der Waals surface area contributed by atoms with Crippen LogP contribution in [-0.2, 0) is 12.8 Å². The minimum atomic E-state index is 0.947. The van der Waals surface area contributed by atoms with Gasteiger partial charge in [0.2, 0.25) is 0 Å². The summed E-state index contributed by atoms with van der Waals surface area (Å²) in [7, 11) is 0. The average molecular weight is 731 g/mol. The molecule has 0 unspecified atom stereocenters. The van der Waals surface area contributed by atoms with Gasteiger partial charge in [-0.25, -0.2) is 0 Å². The van der Waals surface area contributed by atoms with Crippen LogP contribution in [0.25, 0.3) is 0 Å². The van der Waals surface area contributed by atoms with Crippen LogP contribution in [0, 0.1) is 0 Å². The van der Waals surface area contributed by atoms with E-state index in [0.717, 1.165) is 11.5 Å². The van der Waals surface area contributed by atoms with Gasteiger partial charge in [0.05, 0.1) is 0 Å². The molecular formula is C52H90O. The summed E-state index contributed by atoms with van der Waals surface area (Å²) in [6.07, 6.45) is 54.0. The molecule has 0 aliphatic rings. The molecule has 0 aliphatic carbocycles. The lowest BCUT2D eigenvalue weighted by Crippen LogP contribution is -1.90. The molecule has 1 nitrogen and oxygen atoms in total. The van der Waals surface area contributed by atoms with Crippen molar-refractivity contribution >= 4 is 0 Å². The van der Waals surface area contributed by atoms with E-state index in [1.807, 2.05) is 0 Å². The molecule has 0 N–H and O–H groups in total. The van der Waals surface area contributed by atoms with Gasteiger partial charge in [-0.1, -0.05) is 256 Å². The van der Waals surface area contributed by atoms with Crippen molar-refractivity contribution in [3.05, 3.63) is 59.7 Å². The molecule has 2 aromatic rings. The van der Waals surface area contributed by atoms with E-state index in [1.54, 1.807) is 0 Å². The molecule has 53 heavy (non-hydrogen) atoms. The van der Waals surface area contributed by atoms with Gasteiger partial charge < -0.3 is 4.74 Å². The van der Waals surface area contributed by atoms with Crippen LogP contribution in [0.3, 0.4) is 0 Å². The van der Waals surface area contributed by atoms with Crippen molar-refractivity contribution in [3.63, 3.8) is 0 Å². The second-order valence-corrected chi connectivity index (χ2v) is 16.9. The Hall–Kier alpha value is -1.76. The van der Waals surface area contributed by atoms with Gasteiger partial charge in [-0.15, -0.1) is 0 Å². The van der Waals surface area contributed by atoms with Crippen LogP contribution in [0.15, 0.2) is 48.5 Å². The molecule has 0 saturated heterocycles. The minimum Gasteiger partial charge on any atom is -0.457 e. The number of ether oxygens (including phenoxy) is 1. The van der Waals surface area contributed by atoms with Crippen molar-refractivity contribution in [2.24, 2.45) is 0 Å². The van der Waals surface area contributed by atoms with E-state index in [1.165, 1.54) is 255 Å².